The molecule has 128 valence electrons. The highest BCUT2D eigenvalue weighted by molar-refractivity contribution is 7.84. The van der Waals surface area contributed by atoms with Gasteiger partial charge in [-0.05, 0) is 70.7 Å². The molecule has 5 heteroatoms. The summed E-state index contributed by atoms with van der Waals surface area (Å²) in [6.45, 7) is 1.83. The Hall–Kier alpha value is -2.53. The molecular formula is C20H16FO3S-. The van der Waals surface area contributed by atoms with Crippen molar-refractivity contribution in [2.75, 3.05) is 6.26 Å². The fraction of sp³-hybridized carbons (Fsp3) is 0.150. The average Bonchev–Trinajstić information content (AvgIpc) is 2.80. The van der Waals surface area contributed by atoms with Crippen LogP contribution in [0.2, 0.25) is 0 Å². The van der Waals surface area contributed by atoms with Gasteiger partial charge in [0.25, 0.3) is 0 Å². The van der Waals surface area contributed by atoms with Crippen LogP contribution in [0.15, 0.2) is 52.9 Å². The van der Waals surface area contributed by atoms with Crippen molar-refractivity contribution in [1.82, 2.24) is 0 Å². The van der Waals surface area contributed by atoms with Gasteiger partial charge in [0, 0.05) is 34.3 Å². The second-order valence-corrected chi connectivity index (χ2v) is 7.30. The summed E-state index contributed by atoms with van der Waals surface area (Å²) in [7, 11) is -1.04. The number of carboxylic acid groups (broad SMARTS) is 1. The number of carbonyl (C=O) groups is 1. The number of hydrogen-bond acceptors (Lipinski definition) is 3. The van der Waals surface area contributed by atoms with Crippen molar-refractivity contribution < 1.29 is 18.5 Å². The summed E-state index contributed by atoms with van der Waals surface area (Å²) in [5.74, 6) is -1.60. The molecule has 0 unspecified atom stereocenters. The van der Waals surface area contributed by atoms with Crippen LogP contribution in [0.4, 0.5) is 4.39 Å². The summed E-state index contributed by atoms with van der Waals surface area (Å²) >= 11 is 0. The molecule has 0 amide bonds. The highest BCUT2D eigenvalue weighted by Gasteiger charge is 2.24. The van der Waals surface area contributed by atoms with Gasteiger partial charge in [0.1, 0.15) is 5.82 Å². The maximum Gasteiger partial charge on any atom is 0.123 e. The molecule has 0 radical (unpaired) electrons. The number of fused-ring (bicyclic) bond motifs is 1. The van der Waals surface area contributed by atoms with E-state index in [0.29, 0.717) is 11.1 Å². The number of rotatable bonds is 4. The number of carbonyl (C=O) groups excluding carboxylic acids is 1. The first-order chi connectivity index (χ1) is 11.9. The van der Waals surface area contributed by atoms with Gasteiger partial charge < -0.3 is 9.90 Å². The van der Waals surface area contributed by atoms with E-state index in [1.807, 2.05) is 25.1 Å². The average molecular weight is 355 g/mol. The van der Waals surface area contributed by atoms with Crippen LogP contribution in [0.3, 0.4) is 0 Å². The van der Waals surface area contributed by atoms with Crippen molar-refractivity contribution in [2.45, 2.75) is 18.2 Å². The third-order valence-corrected chi connectivity index (χ3v) is 5.23. The fourth-order valence-corrected chi connectivity index (χ4v) is 3.57. The molecule has 0 heterocycles. The van der Waals surface area contributed by atoms with Crippen LogP contribution in [-0.2, 0) is 15.6 Å². The lowest BCUT2D eigenvalue weighted by Crippen LogP contribution is -2.22. The summed E-state index contributed by atoms with van der Waals surface area (Å²) in [6.07, 6.45) is 3.29. The highest BCUT2D eigenvalue weighted by Crippen LogP contribution is 2.43. The zero-order valence-electron chi connectivity index (χ0n) is 13.8. The largest absolute Gasteiger partial charge is 0.550 e. The predicted octanol–water partition coefficient (Wildman–Crippen LogP) is 3.03. The van der Waals surface area contributed by atoms with Gasteiger partial charge in [0.15, 0.2) is 0 Å². The van der Waals surface area contributed by atoms with Crippen molar-refractivity contribution in [3.8, 4) is 0 Å². The zero-order chi connectivity index (χ0) is 18.1. The van der Waals surface area contributed by atoms with Gasteiger partial charge >= 0.3 is 0 Å². The number of carboxylic acids is 1. The fourth-order valence-electron chi connectivity index (χ4n) is 3.05. The topological polar surface area (TPSA) is 57.2 Å². The van der Waals surface area contributed by atoms with Crippen LogP contribution in [-0.4, -0.2) is 16.4 Å². The molecular weight excluding hydrogens is 339 g/mol. The van der Waals surface area contributed by atoms with Crippen molar-refractivity contribution >= 4 is 34.0 Å². The first-order valence-electron chi connectivity index (χ1n) is 7.72. The molecule has 1 aliphatic carbocycles. The van der Waals surface area contributed by atoms with Gasteiger partial charge in [0.05, 0.1) is 0 Å². The van der Waals surface area contributed by atoms with E-state index in [2.05, 4.69) is 0 Å². The van der Waals surface area contributed by atoms with Gasteiger partial charge in [0.2, 0.25) is 0 Å². The van der Waals surface area contributed by atoms with Crippen LogP contribution < -0.4 is 5.11 Å². The van der Waals surface area contributed by atoms with Crippen LogP contribution in [0.5, 0.6) is 0 Å². The Morgan fingerprint density at radius 1 is 1.16 bits per heavy atom. The first kappa shape index (κ1) is 17.3. The highest BCUT2D eigenvalue weighted by atomic mass is 32.2. The molecule has 0 spiro atoms. The second kappa shape index (κ2) is 6.76. The van der Waals surface area contributed by atoms with E-state index in [4.69, 9.17) is 0 Å². The molecule has 2 aromatic carbocycles. The van der Waals surface area contributed by atoms with Crippen LogP contribution >= 0.6 is 0 Å². The molecule has 0 bridgehead atoms. The third kappa shape index (κ3) is 3.46. The summed E-state index contributed by atoms with van der Waals surface area (Å²) < 4.78 is 25.1. The van der Waals surface area contributed by atoms with E-state index in [1.54, 1.807) is 24.5 Å². The van der Waals surface area contributed by atoms with Gasteiger partial charge in [-0.3, -0.25) is 4.21 Å². The predicted molar refractivity (Wildman–Crippen MR) is 95.3 cm³/mol. The molecule has 3 rings (SSSR count). The molecule has 25 heavy (non-hydrogen) atoms. The monoisotopic (exact) mass is 355 g/mol. The molecule has 0 aromatic heterocycles. The normalized spacial score (nSPS) is 16.2. The Morgan fingerprint density at radius 2 is 1.84 bits per heavy atom. The second-order valence-electron chi connectivity index (χ2n) is 5.92. The van der Waals surface area contributed by atoms with E-state index >= 15 is 0 Å². The number of benzene rings is 2. The minimum Gasteiger partial charge on any atom is -0.550 e. The van der Waals surface area contributed by atoms with E-state index in [9.17, 15) is 18.5 Å². The Bertz CT molecular complexity index is 940. The number of hydrogen-bond donors (Lipinski definition) is 0. The maximum absolute atomic E-state index is 13.6. The zero-order valence-corrected chi connectivity index (χ0v) is 14.7. The van der Waals surface area contributed by atoms with Crippen LogP contribution in [0, 0.1) is 5.82 Å². The summed E-state index contributed by atoms with van der Waals surface area (Å²) in [4.78, 5) is 11.8. The van der Waals surface area contributed by atoms with E-state index in [-0.39, 0.29) is 6.42 Å². The van der Waals surface area contributed by atoms with Crippen molar-refractivity contribution in [3.05, 3.63) is 70.5 Å². The lowest BCUT2D eigenvalue weighted by Gasteiger charge is -2.06. The molecule has 1 atom stereocenters. The Labute approximate surface area is 148 Å². The molecule has 1 aliphatic rings. The van der Waals surface area contributed by atoms with Gasteiger partial charge in [-0.15, -0.1) is 0 Å². The first-order valence-corrected chi connectivity index (χ1v) is 9.28. The molecule has 0 saturated heterocycles. The molecule has 0 saturated carbocycles. The van der Waals surface area contributed by atoms with Crippen molar-refractivity contribution in [3.63, 3.8) is 0 Å². The standard InChI is InChI=1S/C20H17FO3S/c1-12-17(9-13-3-6-15(7-4-13)25(2)24)16-8-5-14(21)10-19(16)18(12)11-20(22)23/h3-10H,11H2,1-2H3,(H,22,23)/p-1/b17-9-/t25-/m1/s1. The van der Waals surface area contributed by atoms with Gasteiger partial charge in [-0.2, -0.15) is 0 Å². The molecule has 0 N–H and O–H groups in total. The third-order valence-electron chi connectivity index (χ3n) is 4.30. The molecule has 2 aromatic rings. The van der Waals surface area contributed by atoms with Crippen molar-refractivity contribution in [1.29, 1.82) is 0 Å². The Balaban J connectivity index is 2.10. The molecule has 3 nitrogen and oxygen atoms in total. The molecule has 0 fully saturated rings. The lowest BCUT2D eigenvalue weighted by atomic mass is 10.0. The van der Waals surface area contributed by atoms with Gasteiger partial charge in [-0.25, -0.2) is 4.39 Å². The minimum atomic E-state index is -1.19. The van der Waals surface area contributed by atoms with E-state index in [1.165, 1.54) is 12.1 Å². The van der Waals surface area contributed by atoms with Crippen molar-refractivity contribution in [2.24, 2.45) is 0 Å². The quantitative estimate of drug-likeness (QED) is 0.847. The van der Waals surface area contributed by atoms with Crippen LogP contribution in [0.25, 0.3) is 17.2 Å². The maximum atomic E-state index is 13.6. The minimum absolute atomic E-state index is 0.257. The number of halogens is 1. The SMILES string of the molecule is CC1=C(CC(=O)[O-])c2cc(F)ccc2/C1=C\c1ccc([S@@](C)=O)cc1. The van der Waals surface area contributed by atoms with Gasteiger partial charge in [-0.1, -0.05) is 18.2 Å². The van der Waals surface area contributed by atoms with Crippen LogP contribution in [0.1, 0.15) is 30.0 Å². The smallest absolute Gasteiger partial charge is 0.123 e. The summed E-state index contributed by atoms with van der Waals surface area (Å²) in [5, 5.41) is 11.1. The summed E-state index contributed by atoms with van der Waals surface area (Å²) in [6, 6.07) is 11.7. The molecule has 0 aliphatic heterocycles. The number of aliphatic carboxylic acids is 1. The Morgan fingerprint density at radius 3 is 2.44 bits per heavy atom. The Kier molecular flexibility index (Phi) is 4.68. The van der Waals surface area contributed by atoms with E-state index in [0.717, 1.165) is 27.2 Å². The summed E-state index contributed by atoms with van der Waals surface area (Å²) in [5.41, 5.74) is 4.53. The lowest BCUT2D eigenvalue weighted by molar-refractivity contribution is -0.304. The van der Waals surface area contributed by atoms with E-state index < -0.39 is 22.6 Å². The number of allylic oxidation sites excluding steroid dienone is 2.